The van der Waals surface area contributed by atoms with Gasteiger partial charge in [0, 0.05) is 32.3 Å². The van der Waals surface area contributed by atoms with Gasteiger partial charge in [0.25, 0.3) is 0 Å². The summed E-state index contributed by atoms with van der Waals surface area (Å²) in [6.45, 7) is 0. The summed E-state index contributed by atoms with van der Waals surface area (Å²) in [5.74, 6) is 0. The van der Waals surface area contributed by atoms with Crippen LogP contribution in [0.15, 0.2) is 438 Å². The van der Waals surface area contributed by atoms with E-state index in [1.807, 2.05) is 36.4 Å². The second-order valence-corrected chi connectivity index (χ2v) is 30.7. The van der Waals surface area contributed by atoms with Gasteiger partial charge in [0.15, 0.2) is 0 Å². The van der Waals surface area contributed by atoms with Crippen LogP contribution in [0.4, 0.5) is 0 Å². The summed E-state index contributed by atoms with van der Waals surface area (Å²) in [5, 5.41) is 29.7. The first kappa shape index (κ1) is 67.3. The van der Waals surface area contributed by atoms with Crippen molar-refractivity contribution in [3.63, 3.8) is 0 Å². The third-order valence-corrected chi connectivity index (χ3v) is 24.1. The van der Waals surface area contributed by atoms with Crippen molar-refractivity contribution in [3.8, 4) is 77.9 Å². The molecule has 0 saturated carbocycles. The van der Waals surface area contributed by atoms with E-state index in [2.05, 4.69) is 388 Å². The second kappa shape index (κ2) is 27.8. The zero-order chi connectivity index (χ0) is 77.0. The minimum Gasteiger partial charge on any atom is -0.456 e. The van der Waals surface area contributed by atoms with Crippen LogP contribution in [0.25, 0.3) is 241 Å². The molecule has 3 aromatic heterocycles. The standard InChI is InChI=1S/C46H28O.C36H22O.C32H20O/c1-2-15-33-30(12-1)27-41(35-17-4-3-16-34(33)35)29-13-11-14-31(26-29)45-37-19-5-7-21-39(37)46(40-22-8-6-20-38(40)45)32-24-25-44-42(28-32)36-18-9-10-23-43(36)47-44;1-2-10-24-21-25(18-17-23(24)9-1)35-28-12-3-5-14-30(28)36(31-15-6-4-13-29(31)35)26-19-20-34-32(22-26)27-11-7-8-16-33(27)37-34;1-2-10-21(11-3-1)31-24-13-4-6-15-26(24)32(27-16-7-5-14-25(27)31)22-18-19-30-28(20-22)23-12-8-9-17-29(23)33-30/h1-28H;1-22H;1-20H. The highest BCUT2D eigenvalue weighted by Gasteiger charge is 2.23. The molecule has 3 nitrogen and oxygen atoms in total. The molecule has 3 heteroatoms. The molecule has 0 fully saturated rings. The van der Waals surface area contributed by atoms with E-state index in [0.717, 1.165) is 65.8 Å². The van der Waals surface area contributed by atoms with E-state index in [0.29, 0.717) is 0 Å². The lowest BCUT2D eigenvalue weighted by Crippen LogP contribution is -1.91. The summed E-state index contributed by atoms with van der Waals surface area (Å²) in [4.78, 5) is 0. The Bertz CT molecular complexity index is 8170. The van der Waals surface area contributed by atoms with Gasteiger partial charge >= 0.3 is 0 Å². The molecule has 3 heterocycles. The molecule has 0 amide bonds. The quantitative estimate of drug-likeness (QED) is 0.118. The molecule has 0 spiro atoms. The average Bonchev–Trinajstić information content (AvgIpc) is 1.36. The number of furan rings is 3. The zero-order valence-corrected chi connectivity index (χ0v) is 63.6. The van der Waals surface area contributed by atoms with Gasteiger partial charge in [-0.05, 0) is 248 Å². The Labute approximate surface area is 674 Å². The molecule has 117 heavy (non-hydrogen) atoms. The molecule has 25 rings (SSSR count). The van der Waals surface area contributed by atoms with E-state index in [4.69, 9.17) is 13.3 Å². The lowest BCUT2D eigenvalue weighted by atomic mass is 9.85. The highest BCUT2D eigenvalue weighted by molar-refractivity contribution is 6.26. The number of hydrogen-bond acceptors (Lipinski definition) is 3. The highest BCUT2D eigenvalue weighted by atomic mass is 16.3. The van der Waals surface area contributed by atoms with Crippen LogP contribution in [0.5, 0.6) is 0 Å². The van der Waals surface area contributed by atoms with Crippen LogP contribution in [-0.4, -0.2) is 0 Å². The van der Waals surface area contributed by atoms with Gasteiger partial charge in [-0.25, -0.2) is 0 Å². The van der Waals surface area contributed by atoms with Crippen molar-refractivity contribution in [2.75, 3.05) is 0 Å². The number of para-hydroxylation sites is 3. The molecule has 0 unspecified atom stereocenters. The Kier molecular flexibility index (Phi) is 16.0. The second-order valence-electron chi connectivity index (χ2n) is 30.7. The molecule has 0 aliphatic heterocycles. The minimum atomic E-state index is 0.915. The molecule has 0 atom stereocenters. The van der Waals surface area contributed by atoms with E-state index in [1.54, 1.807) is 0 Å². The molecule has 0 radical (unpaired) electrons. The normalized spacial score (nSPS) is 11.8. The van der Waals surface area contributed by atoms with Crippen molar-refractivity contribution in [3.05, 3.63) is 425 Å². The fraction of sp³-hybridized carbons (Fsp3) is 0. The highest BCUT2D eigenvalue weighted by Crippen LogP contribution is 2.50. The fourth-order valence-corrected chi connectivity index (χ4v) is 19.0. The van der Waals surface area contributed by atoms with Crippen molar-refractivity contribution in [1.29, 1.82) is 0 Å². The van der Waals surface area contributed by atoms with Crippen LogP contribution in [0.1, 0.15) is 0 Å². The van der Waals surface area contributed by atoms with Crippen LogP contribution < -0.4 is 0 Å². The molecule has 544 valence electrons. The van der Waals surface area contributed by atoms with Crippen LogP contribution in [0, 0.1) is 0 Å². The Hall–Kier alpha value is -15.4. The van der Waals surface area contributed by atoms with Crippen LogP contribution >= 0.6 is 0 Å². The minimum absolute atomic E-state index is 0.915. The Morgan fingerprint density at radius 2 is 0.368 bits per heavy atom. The summed E-state index contributed by atoms with van der Waals surface area (Å²) in [6, 6.07) is 153. The van der Waals surface area contributed by atoms with E-state index in [9.17, 15) is 0 Å². The molecule has 25 aromatic rings. The van der Waals surface area contributed by atoms with Crippen LogP contribution in [0.3, 0.4) is 0 Å². The molecule has 0 saturated heterocycles. The summed E-state index contributed by atoms with van der Waals surface area (Å²) < 4.78 is 18.4. The molecule has 0 aliphatic rings. The predicted molar refractivity (Wildman–Crippen MR) is 497 cm³/mol. The topological polar surface area (TPSA) is 39.4 Å². The van der Waals surface area contributed by atoms with Gasteiger partial charge in [-0.15, -0.1) is 0 Å². The van der Waals surface area contributed by atoms with E-state index in [1.165, 1.54) is 175 Å². The Morgan fingerprint density at radius 3 is 0.761 bits per heavy atom. The first-order chi connectivity index (χ1) is 58.0. The molecule has 22 aromatic carbocycles. The maximum atomic E-state index is 6.19. The van der Waals surface area contributed by atoms with Crippen LogP contribution in [0.2, 0.25) is 0 Å². The number of rotatable bonds is 7. The van der Waals surface area contributed by atoms with Gasteiger partial charge in [0.1, 0.15) is 33.5 Å². The van der Waals surface area contributed by atoms with Crippen molar-refractivity contribution in [2.24, 2.45) is 0 Å². The summed E-state index contributed by atoms with van der Waals surface area (Å²) >= 11 is 0. The number of fused-ring (bicyclic) bond motifs is 19. The van der Waals surface area contributed by atoms with E-state index >= 15 is 0 Å². The summed E-state index contributed by atoms with van der Waals surface area (Å²) in [7, 11) is 0. The number of hydrogen-bond donors (Lipinski definition) is 0. The first-order valence-electron chi connectivity index (χ1n) is 40.2. The Balaban J connectivity index is 0.000000105. The van der Waals surface area contributed by atoms with E-state index in [-0.39, 0.29) is 0 Å². The van der Waals surface area contributed by atoms with E-state index < -0.39 is 0 Å². The predicted octanol–water partition coefficient (Wildman–Crippen LogP) is 32.8. The van der Waals surface area contributed by atoms with Gasteiger partial charge in [-0.3, -0.25) is 0 Å². The Morgan fingerprint density at radius 1 is 0.111 bits per heavy atom. The van der Waals surface area contributed by atoms with Crippen molar-refractivity contribution < 1.29 is 13.3 Å². The van der Waals surface area contributed by atoms with Gasteiger partial charge in [-0.2, -0.15) is 0 Å². The van der Waals surface area contributed by atoms with Gasteiger partial charge in [0.05, 0.1) is 0 Å². The molecular weight excluding hydrogens is 1420 g/mol. The molecule has 0 bridgehead atoms. The summed E-state index contributed by atoms with van der Waals surface area (Å²) in [5.41, 5.74) is 23.0. The lowest BCUT2D eigenvalue weighted by Gasteiger charge is -2.18. The summed E-state index contributed by atoms with van der Waals surface area (Å²) in [6.07, 6.45) is 0. The molecule has 0 N–H and O–H groups in total. The number of benzene rings is 22. The third kappa shape index (κ3) is 11.3. The fourth-order valence-electron chi connectivity index (χ4n) is 19.0. The maximum Gasteiger partial charge on any atom is 0.135 e. The average molecular weight is 1490 g/mol. The lowest BCUT2D eigenvalue weighted by molar-refractivity contribution is 0.668. The van der Waals surface area contributed by atoms with Gasteiger partial charge < -0.3 is 13.3 Å². The third-order valence-electron chi connectivity index (χ3n) is 24.1. The van der Waals surface area contributed by atoms with Crippen LogP contribution in [-0.2, 0) is 0 Å². The SMILES string of the molecule is c1cc(-c2c3ccccc3c(-c3ccc4oc5ccccc5c4c3)c3ccccc23)cc(-c2cc3ccccc3c3ccccc23)c1.c1ccc(-c2c3ccccc3c(-c3ccc4oc5ccccc5c4c3)c3ccccc23)cc1.c1ccc2cc(-c3c4ccccc4c(-c4ccc5oc6ccccc6c5c4)c4ccccc34)ccc2c1. The van der Waals surface area contributed by atoms with Gasteiger partial charge in [-0.1, -0.05) is 352 Å². The monoisotopic (exact) mass is 1490 g/mol. The maximum absolute atomic E-state index is 6.19. The smallest absolute Gasteiger partial charge is 0.135 e. The first-order valence-corrected chi connectivity index (χ1v) is 40.2. The van der Waals surface area contributed by atoms with Crippen molar-refractivity contribution >= 4 is 163 Å². The largest absolute Gasteiger partial charge is 0.456 e. The van der Waals surface area contributed by atoms with Gasteiger partial charge in [0.2, 0.25) is 0 Å². The molecular formula is C114H70O3. The molecule has 0 aliphatic carbocycles. The van der Waals surface area contributed by atoms with Crippen molar-refractivity contribution in [2.45, 2.75) is 0 Å². The van der Waals surface area contributed by atoms with Crippen molar-refractivity contribution in [1.82, 2.24) is 0 Å². The zero-order valence-electron chi connectivity index (χ0n) is 63.6.